The second-order valence-electron chi connectivity index (χ2n) is 3.14. The third-order valence-corrected chi connectivity index (χ3v) is 2.38. The molecule has 0 aromatic carbocycles. The number of nitrogens with one attached hydrogen (secondary N) is 1. The van der Waals surface area contributed by atoms with Gasteiger partial charge in [0.2, 0.25) is 5.91 Å². The molecule has 0 aromatic heterocycles. The lowest BCUT2D eigenvalue weighted by Gasteiger charge is -2.18. The van der Waals surface area contributed by atoms with Crippen molar-refractivity contribution in [2.24, 2.45) is 0 Å². The van der Waals surface area contributed by atoms with E-state index < -0.39 is 4.83 Å². The Hall–Kier alpha value is -0.620. The van der Waals surface area contributed by atoms with Gasteiger partial charge in [-0.15, -0.1) is 0 Å². The summed E-state index contributed by atoms with van der Waals surface area (Å²) in [5.74, 6) is -0.387. The zero-order valence-corrected chi connectivity index (χ0v) is 10.8. The monoisotopic (exact) mass is 280 g/mol. The average molecular weight is 281 g/mol. The molecule has 0 aromatic rings. The maximum absolute atomic E-state index is 11.2. The highest BCUT2D eigenvalue weighted by atomic mass is 79.9. The molecule has 0 saturated carbocycles. The van der Waals surface area contributed by atoms with Gasteiger partial charge >= 0.3 is 5.97 Å². The molecule has 1 unspecified atom stereocenters. The van der Waals surface area contributed by atoms with Crippen LogP contribution in [0.5, 0.6) is 0 Å². The summed E-state index contributed by atoms with van der Waals surface area (Å²) in [5.41, 5.74) is 0. The lowest BCUT2D eigenvalue weighted by atomic mass is 10.4. The van der Waals surface area contributed by atoms with Crippen LogP contribution in [0.4, 0.5) is 0 Å². The van der Waals surface area contributed by atoms with Gasteiger partial charge in [0, 0.05) is 13.1 Å². The molecule has 1 N–H and O–H groups in total. The Balaban J connectivity index is 3.87. The molecule has 0 bridgehead atoms. The lowest BCUT2D eigenvalue weighted by Crippen LogP contribution is -2.39. The molecule has 0 aliphatic rings. The minimum atomic E-state index is -0.401. The van der Waals surface area contributed by atoms with Gasteiger partial charge in [-0.05, 0) is 14.0 Å². The van der Waals surface area contributed by atoms with Crippen LogP contribution in [0, 0.1) is 0 Å². The van der Waals surface area contributed by atoms with Gasteiger partial charge in [0.1, 0.15) is 4.83 Å². The van der Waals surface area contributed by atoms with Gasteiger partial charge in [-0.2, -0.15) is 0 Å². The summed E-state index contributed by atoms with van der Waals surface area (Å²) in [5, 5.41) is 2.68. The molecule has 0 radical (unpaired) electrons. The maximum Gasteiger partial charge on any atom is 0.320 e. The van der Waals surface area contributed by atoms with E-state index in [9.17, 15) is 9.59 Å². The second kappa shape index (κ2) is 7.64. The summed E-state index contributed by atoms with van der Waals surface area (Å²) >= 11 is 3.19. The number of halogens is 1. The predicted octanol–water partition coefficient (Wildman–Crippen LogP) is -0.00920. The van der Waals surface area contributed by atoms with E-state index in [2.05, 4.69) is 26.0 Å². The van der Waals surface area contributed by atoms with Gasteiger partial charge in [0.25, 0.3) is 0 Å². The Morgan fingerprint density at radius 1 is 1.53 bits per heavy atom. The molecule has 5 nitrogen and oxygen atoms in total. The molecule has 15 heavy (non-hydrogen) atoms. The minimum absolute atomic E-state index is 0.0513. The van der Waals surface area contributed by atoms with E-state index >= 15 is 0 Å². The van der Waals surface area contributed by atoms with Crippen LogP contribution in [0.25, 0.3) is 0 Å². The number of likely N-dealkylation sites (N-methyl/N-ethyl adjacent to an activating group) is 2. The first kappa shape index (κ1) is 14.4. The average Bonchev–Trinajstić information content (AvgIpc) is 2.16. The van der Waals surface area contributed by atoms with Crippen molar-refractivity contribution in [1.29, 1.82) is 0 Å². The zero-order valence-electron chi connectivity index (χ0n) is 9.25. The predicted molar refractivity (Wildman–Crippen MR) is 60.9 cm³/mol. The highest BCUT2D eigenvalue weighted by Gasteiger charge is 2.18. The number of nitrogens with zero attached hydrogens (tertiary/aromatic N) is 1. The van der Waals surface area contributed by atoms with Crippen LogP contribution in [-0.2, 0) is 14.3 Å². The van der Waals surface area contributed by atoms with Gasteiger partial charge < -0.3 is 10.1 Å². The summed E-state index contributed by atoms with van der Waals surface area (Å²) in [4.78, 5) is 23.6. The molecular formula is C9H17BrN2O3. The fourth-order valence-corrected chi connectivity index (χ4v) is 1.72. The Morgan fingerprint density at radius 3 is 2.60 bits per heavy atom. The zero-order chi connectivity index (χ0) is 11.8. The van der Waals surface area contributed by atoms with E-state index in [1.165, 1.54) is 7.11 Å². The molecule has 0 spiro atoms. The highest BCUT2D eigenvalue weighted by molar-refractivity contribution is 9.10. The number of rotatable bonds is 6. The first-order valence-corrected chi connectivity index (χ1v) is 5.60. The Kier molecular flexibility index (Phi) is 7.33. The van der Waals surface area contributed by atoms with Crippen LogP contribution >= 0.6 is 15.9 Å². The summed E-state index contributed by atoms with van der Waals surface area (Å²) in [7, 11) is 3.10. The largest absolute Gasteiger partial charge is 0.468 e. The maximum atomic E-state index is 11.2. The molecule has 0 aliphatic heterocycles. The molecule has 0 rings (SSSR count). The van der Waals surface area contributed by atoms with Crippen molar-refractivity contribution in [3.05, 3.63) is 0 Å². The van der Waals surface area contributed by atoms with Crippen molar-refractivity contribution < 1.29 is 14.3 Å². The number of hydrogen-bond donors (Lipinski definition) is 1. The molecule has 1 amide bonds. The van der Waals surface area contributed by atoms with E-state index in [0.717, 1.165) is 0 Å². The van der Waals surface area contributed by atoms with Gasteiger partial charge in [-0.25, -0.2) is 0 Å². The number of esters is 1. The van der Waals surface area contributed by atoms with Crippen LogP contribution in [-0.4, -0.2) is 55.4 Å². The van der Waals surface area contributed by atoms with Crippen molar-refractivity contribution in [1.82, 2.24) is 10.2 Å². The summed E-state index contributed by atoms with van der Waals surface area (Å²) in [6.45, 7) is 3.18. The summed E-state index contributed by atoms with van der Waals surface area (Å²) in [6, 6.07) is 0. The Labute approximate surface area is 98.3 Å². The topological polar surface area (TPSA) is 58.6 Å². The Bertz CT molecular complexity index is 223. The van der Waals surface area contributed by atoms with Gasteiger partial charge in [0.05, 0.1) is 13.7 Å². The standard InChI is InChI=1S/C9H17BrN2O3/c1-4-11-8(13)6-12(2)5-7(10)9(14)15-3/h7H,4-6H2,1-3H3,(H,11,13). The third kappa shape index (κ3) is 6.46. The number of carbonyl (C=O) groups is 2. The number of methoxy groups -OCH3 is 1. The van der Waals surface area contributed by atoms with E-state index in [1.807, 2.05) is 6.92 Å². The molecular weight excluding hydrogens is 264 g/mol. The number of ether oxygens (including phenoxy) is 1. The van der Waals surface area contributed by atoms with Crippen molar-refractivity contribution in [3.63, 3.8) is 0 Å². The van der Waals surface area contributed by atoms with Gasteiger partial charge in [-0.3, -0.25) is 14.5 Å². The SMILES string of the molecule is CCNC(=O)CN(C)CC(Br)C(=O)OC. The van der Waals surface area contributed by atoms with Crippen molar-refractivity contribution in [2.75, 3.05) is 33.8 Å². The van der Waals surface area contributed by atoms with E-state index in [1.54, 1.807) is 11.9 Å². The van der Waals surface area contributed by atoms with Crippen molar-refractivity contribution in [2.45, 2.75) is 11.8 Å². The highest BCUT2D eigenvalue weighted by Crippen LogP contribution is 2.03. The second-order valence-corrected chi connectivity index (χ2v) is 4.25. The fraction of sp³-hybridized carbons (Fsp3) is 0.778. The number of amides is 1. The van der Waals surface area contributed by atoms with E-state index in [0.29, 0.717) is 13.1 Å². The van der Waals surface area contributed by atoms with Crippen molar-refractivity contribution >= 4 is 27.8 Å². The minimum Gasteiger partial charge on any atom is -0.468 e. The molecule has 0 saturated heterocycles. The number of carbonyl (C=O) groups excluding carboxylic acids is 2. The number of hydrogen-bond acceptors (Lipinski definition) is 4. The van der Waals surface area contributed by atoms with Crippen LogP contribution in [0.15, 0.2) is 0 Å². The van der Waals surface area contributed by atoms with Crippen LogP contribution in [0.3, 0.4) is 0 Å². The summed E-state index contributed by atoms with van der Waals surface area (Å²) in [6.07, 6.45) is 0. The molecule has 0 heterocycles. The van der Waals surface area contributed by atoms with Crippen molar-refractivity contribution in [3.8, 4) is 0 Å². The van der Waals surface area contributed by atoms with Gasteiger partial charge in [-0.1, -0.05) is 15.9 Å². The smallest absolute Gasteiger partial charge is 0.320 e. The molecule has 1 atom stereocenters. The van der Waals surface area contributed by atoms with Crippen LogP contribution in [0.2, 0.25) is 0 Å². The first-order chi connectivity index (χ1) is 7.01. The summed E-state index contributed by atoms with van der Waals surface area (Å²) < 4.78 is 4.55. The normalized spacial score (nSPS) is 12.3. The lowest BCUT2D eigenvalue weighted by molar-refractivity contribution is -0.140. The van der Waals surface area contributed by atoms with Crippen LogP contribution in [0.1, 0.15) is 6.92 Å². The first-order valence-electron chi connectivity index (χ1n) is 4.68. The number of alkyl halides is 1. The van der Waals surface area contributed by atoms with Gasteiger partial charge in [0.15, 0.2) is 0 Å². The fourth-order valence-electron chi connectivity index (χ4n) is 1.04. The molecule has 6 heteroatoms. The molecule has 88 valence electrons. The van der Waals surface area contributed by atoms with E-state index in [-0.39, 0.29) is 18.4 Å². The quantitative estimate of drug-likeness (QED) is 0.549. The van der Waals surface area contributed by atoms with E-state index in [4.69, 9.17) is 0 Å². The third-order valence-electron chi connectivity index (χ3n) is 1.72. The molecule has 0 fully saturated rings. The van der Waals surface area contributed by atoms with Crippen LogP contribution < -0.4 is 5.32 Å². The Morgan fingerprint density at radius 2 is 2.13 bits per heavy atom. The molecule has 0 aliphatic carbocycles.